The number of unbranched alkanes of at least 4 members (excludes halogenated alkanes) is 2. The molecule has 0 aromatic heterocycles. The second-order valence-corrected chi connectivity index (χ2v) is 4.05. The van der Waals surface area contributed by atoms with E-state index in [0.717, 1.165) is 6.54 Å². The maximum atomic E-state index is 3.49. The molecule has 0 saturated heterocycles. The Morgan fingerprint density at radius 3 is 2.31 bits per heavy atom. The largest absolute Gasteiger partial charge is 0.317 e. The van der Waals surface area contributed by atoms with Crippen LogP contribution in [-0.2, 0) is 6.42 Å². The Bertz CT molecular complexity index is 236. The number of hydrogen-bond donors (Lipinski definition) is 1. The Kier molecular flexibility index (Phi) is 10.6. The third-order valence-electron chi connectivity index (χ3n) is 2.62. The van der Waals surface area contributed by atoms with E-state index < -0.39 is 0 Å². The summed E-state index contributed by atoms with van der Waals surface area (Å²) in [6, 6.07) is 10.7. The zero-order valence-electron chi connectivity index (χ0n) is 10.2. The average Bonchev–Trinajstić information content (AvgIpc) is 2.29. The first-order valence-corrected chi connectivity index (χ1v) is 6.18. The lowest BCUT2D eigenvalue weighted by molar-refractivity contribution is 0.599. The molecule has 16 heavy (non-hydrogen) atoms. The van der Waals surface area contributed by atoms with E-state index in [9.17, 15) is 0 Å². The number of halogens is 1. The molecule has 0 fully saturated rings. The van der Waals surface area contributed by atoms with E-state index in [1.807, 2.05) is 0 Å². The topological polar surface area (TPSA) is 12.0 Å². The van der Waals surface area contributed by atoms with Gasteiger partial charge >= 0.3 is 0 Å². The van der Waals surface area contributed by atoms with Gasteiger partial charge in [-0.1, -0.05) is 50.1 Å². The molecule has 0 spiro atoms. The standard InChI is InChI=1S/C14H23N.ClH/c1-2-3-7-12-15-13-8-11-14-9-5-4-6-10-14;/h4-6,9-10,15H,2-3,7-8,11-13H2,1H3;1H. The predicted octanol–water partition coefficient (Wildman–Crippen LogP) is 3.82. The maximum absolute atomic E-state index is 3.49. The number of aryl methyl sites for hydroxylation is 1. The highest BCUT2D eigenvalue weighted by Crippen LogP contribution is 2.01. The number of rotatable bonds is 8. The summed E-state index contributed by atoms with van der Waals surface area (Å²) in [6.45, 7) is 4.58. The summed E-state index contributed by atoms with van der Waals surface area (Å²) in [5.41, 5.74) is 1.45. The van der Waals surface area contributed by atoms with Crippen molar-refractivity contribution in [2.75, 3.05) is 13.1 Å². The molecule has 0 atom stereocenters. The highest BCUT2D eigenvalue weighted by molar-refractivity contribution is 5.85. The van der Waals surface area contributed by atoms with Gasteiger partial charge < -0.3 is 5.32 Å². The molecule has 1 N–H and O–H groups in total. The molecule has 0 aliphatic rings. The number of nitrogens with one attached hydrogen (secondary N) is 1. The van der Waals surface area contributed by atoms with Gasteiger partial charge in [-0.3, -0.25) is 0 Å². The average molecular weight is 242 g/mol. The summed E-state index contributed by atoms with van der Waals surface area (Å²) in [7, 11) is 0. The van der Waals surface area contributed by atoms with E-state index in [-0.39, 0.29) is 12.4 Å². The van der Waals surface area contributed by atoms with Crippen molar-refractivity contribution in [3.63, 3.8) is 0 Å². The third kappa shape index (κ3) is 7.72. The van der Waals surface area contributed by atoms with Crippen molar-refractivity contribution >= 4 is 12.4 Å². The van der Waals surface area contributed by atoms with Gasteiger partial charge in [0.1, 0.15) is 0 Å². The molecule has 2 heteroatoms. The molecular formula is C14H24ClN. The lowest BCUT2D eigenvalue weighted by Gasteiger charge is -2.04. The number of benzene rings is 1. The first kappa shape index (κ1) is 15.5. The Morgan fingerprint density at radius 1 is 0.938 bits per heavy atom. The minimum atomic E-state index is 0. The molecule has 0 bridgehead atoms. The zero-order valence-corrected chi connectivity index (χ0v) is 11.1. The van der Waals surface area contributed by atoms with Gasteiger partial charge in [0, 0.05) is 0 Å². The monoisotopic (exact) mass is 241 g/mol. The summed E-state index contributed by atoms with van der Waals surface area (Å²) < 4.78 is 0. The Hall–Kier alpha value is -0.530. The van der Waals surface area contributed by atoms with Crippen LogP contribution < -0.4 is 5.32 Å². The summed E-state index contributed by atoms with van der Waals surface area (Å²) in [5.74, 6) is 0. The van der Waals surface area contributed by atoms with Crippen LogP contribution in [0.2, 0.25) is 0 Å². The van der Waals surface area contributed by atoms with E-state index in [0.29, 0.717) is 0 Å². The fourth-order valence-electron chi connectivity index (χ4n) is 1.69. The van der Waals surface area contributed by atoms with E-state index in [1.165, 1.54) is 44.2 Å². The molecule has 0 heterocycles. The SMILES string of the molecule is CCCCCNCCCc1ccccc1.Cl. The van der Waals surface area contributed by atoms with Gasteiger partial charge in [0.25, 0.3) is 0 Å². The molecule has 0 amide bonds. The van der Waals surface area contributed by atoms with Crippen molar-refractivity contribution in [2.45, 2.75) is 39.0 Å². The zero-order chi connectivity index (χ0) is 10.8. The second-order valence-electron chi connectivity index (χ2n) is 4.05. The lowest BCUT2D eigenvalue weighted by Crippen LogP contribution is -2.17. The highest BCUT2D eigenvalue weighted by Gasteiger charge is 1.91. The minimum absolute atomic E-state index is 0. The van der Waals surface area contributed by atoms with Gasteiger partial charge in [-0.05, 0) is 37.9 Å². The van der Waals surface area contributed by atoms with Gasteiger partial charge in [-0.2, -0.15) is 0 Å². The molecule has 92 valence electrons. The van der Waals surface area contributed by atoms with Crippen LogP contribution in [-0.4, -0.2) is 13.1 Å². The van der Waals surface area contributed by atoms with Crippen molar-refractivity contribution in [1.29, 1.82) is 0 Å². The quantitative estimate of drug-likeness (QED) is 0.683. The van der Waals surface area contributed by atoms with E-state index >= 15 is 0 Å². The molecule has 1 aromatic rings. The smallest absolute Gasteiger partial charge is 0.00457 e. The molecule has 1 nitrogen and oxygen atoms in total. The van der Waals surface area contributed by atoms with Crippen LogP contribution in [0, 0.1) is 0 Å². The fourth-order valence-corrected chi connectivity index (χ4v) is 1.69. The summed E-state index contributed by atoms with van der Waals surface area (Å²) in [5, 5.41) is 3.49. The minimum Gasteiger partial charge on any atom is -0.317 e. The molecule has 0 radical (unpaired) electrons. The molecule has 0 aliphatic heterocycles. The van der Waals surface area contributed by atoms with Crippen LogP contribution in [0.15, 0.2) is 30.3 Å². The summed E-state index contributed by atoms with van der Waals surface area (Å²) in [6.07, 6.45) is 6.43. The van der Waals surface area contributed by atoms with Crippen LogP contribution in [0.3, 0.4) is 0 Å². The van der Waals surface area contributed by atoms with Crippen LogP contribution in [0.4, 0.5) is 0 Å². The lowest BCUT2D eigenvalue weighted by atomic mass is 10.1. The van der Waals surface area contributed by atoms with Gasteiger partial charge in [-0.25, -0.2) is 0 Å². The highest BCUT2D eigenvalue weighted by atomic mass is 35.5. The molecule has 1 aromatic carbocycles. The fraction of sp³-hybridized carbons (Fsp3) is 0.571. The van der Waals surface area contributed by atoms with Crippen LogP contribution in [0.5, 0.6) is 0 Å². The summed E-state index contributed by atoms with van der Waals surface area (Å²) in [4.78, 5) is 0. The molecule has 0 saturated carbocycles. The Morgan fingerprint density at radius 2 is 1.62 bits per heavy atom. The molecule has 0 unspecified atom stereocenters. The van der Waals surface area contributed by atoms with Crippen LogP contribution >= 0.6 is 12.4 Å². The van der Waals surface area contributed by atoms with Gasteiger partial charge in [-0.15, -0.1) is 12.4 Å². The van der Waals surface area contributed by atoms with E-state index in [2.05, 4.69) is 42.6 Å². The third-order valence-corrected chi connectivity index (χ3v) is 2.62. The van der Waals surface area contributed by atoms with Crippen molar-refractivity contribution in [1.82, 2.24) is 5.32 Å². The molecule has 0 aliphatic carbocycles. The first-order valence-electron chi connectivity index (χ1n) is 6.18. The van der Waals surface area contributed by atoms with Gasteiger partial charge in [0.05, 0.1) is 0 Å². The van der Waals surface area contributed by atoms with Crippen molar-refractivity contribution < 1.29 is 0 Å². The van der Waals surface area contributed by atoms with Crippen molar-refractivity contribution in [3.05, 3.63) is 35.9 Å². The molecule has 1 rings (SSSR count). The maximum Gasteiger partial charge on any atom is -0.00457 e. The molecular weight excluding hydrogens is 218 g/mol. The van der Waals surface area contributed by atoms with Gasteiger partial charge in [0.2, 0.25) is 0 Å². The van der Waals surface area contributed by atoms with Crippen molar-refractivity contribution in [2.24, 2.45) is 0 Å². The second kappa shape index (κ2) is 11.0. The first-order chi connectivity index (χ1) is 7.43. The Balaban J connectivity index is 0.00000225. The summed E-state index contributed by atoms with van der Waals surface area (Å²) >= 11 is 0. The predicted molar refractivity (Wildman–Crippen MR) is 74.4 cm³/mol. The van der Waals surface area contributed by atoms with Crippen molar-refractivity contribution in [3.8, 4) is 0 Å². The van der Waals surface area contributed by atoms with Crippen LogP contribution in [0.25, 0.3) is 0 Å². The van der Waals surface area contributed by atoms with Crippen LogP contribution in [0.1, 0.15) is 38.2 Å². The normalized spacial score (nSPS) is 9.81. The number of hydrogen-bond acceptors (Lipinski definition) is 1. The van der Waals surface area contributed by atoms with E-state index in [1.54, 1.807) is 0 Å². The van der Waals surface area contributed by atoms with E-state index in [4.69, 9.17) is 0 Å². The van der Waals surface area contributed by atoms with Gasteiger partial charge in [0.15, 0.2) is 0 Å². The Labute approximate surface area is 106 Å².